The Hall–Kier alpha value is -1.82. The lowest BCUT2D eigenvalue weighted by Gasteiger charge is -2.34. The van der Waals surface area contributed by atoms with E-state index in [0.717, 1.165) is 43.7 Å². The maximum atomic E-state index is 13.4. The molecule has 4 rings (SSSR count). The first-order valence-corrected chi connectivity index (χ1v) is 10.1. The summed E-state index contributed by atoms with van der Waals surface area (Å²) in [6, 6.07) is 8.41. The number of benzene rings is 1. The highest BCUT2D eigenvalue weighted by atomic mass is 32.1. The molecule has 140 valence electrons. The van der Waals surface area contributed by atoms with Gasteiger partial charge in [-0.1, -0.05) is 25.0 Å². The first kappa shape index (κ1) is 17.6. The normalized spacial score (nSPS) is 21.7. The van der Waals surface area contributed by atoms with E-state index in [4.69, 9.17) is 17.0 Å². The fourth-order valence-corrected chi connectivity index (χ4v) is 4.62. The number of carbonyl (C=O) groups excluding carboxylic acids is 1. The number of amides is 1. The Kier molecular flexibility index (Phi) is 4.78. The van der Waals surface area contributed by atoms with Gasteiger partial charge in [0, 0.05) is 19.1 Å². The fraction of sp³-hybridized carbons (Fsp3) is 0.600. The predicted octanol–water partition coefficient (Wildman–Crippen LogP) is 2.99. The Morgan fingerprint density at radius 3 is 2.38 bits per heavy atom. The van der Waals surface area contributed by atoms with Crippen LogP contribution >= 0.6 is 12.2 Å². The second-order valence-corrected chi connectivity index (χ2v) is 8.03. The molecule has 0 spiro atoms. The summed E-state index contributed by atoms with van der Waals surface area (Å²) in [5, 5.41) is 8.09. The Labute approximate surface area is 160 Å². The minimum absolute atomic E-state index is 0.190. The summed E-state index contributed by atoms with van der Waals surface area (Å²) in [7, 11) is 1.66. The van der Waals surface area contributed by atoms with Crippen molar-refractivity contribution < 1.29 is 9.53 Å². The van der Waals surface area contributed by atoms with E-state index in [1.807, 2.05) is 34.3 Å². The third kappa shape index (κ3) is 3.15. The van der Waals surface area contributed by atoms with Gasteiger partial charge in [-0.25, -0.2) is 0 Å². The standard InChI is InChI=1S/C20H27N3O2S/c1-25-17-9-7-15(8-10-17)20(11-12-20)18(24)22-13-4-14-23(22)19(26)21-16-5-2-3-6-16/h7-10,16H,2-6,11-14H2,1H3,(H,21,26). The number of hydrazine groups is 1. The van der Waals surface area contributed by atoms with Crippen molar-refractivity contribution in [3.8, 4) is 5.75 Å². The molecule has 1 aromatic carbocycles. The van der Waals surface area contributed by atoms with Crippen LogP contribution in [-0.4, -0.2) is 47.3 Å². The number of hydrogen-bond acceptors (Lipinski definition) is 3. The molecule has 0 unspecified atom stereocenters. The molecular weight excluding hydrogens is 346 g/mol. The summed E-state index contributed by atoms with van der Waals surface area (Å²) in [5.41, 5.74) is 0.711. The van der Waals surface area contributed by atoms with Crippen molar-refractivity contribution in [1.29, 1.82) is 0 Å². The second kappa shape index (κ2) is 7.06. The summed E-state index contributed by atoms with van der Waals surface area (Å²) in [4.78, 5) is 13.4. The number of nitrogens with one attached hydrogen (secondary N) is 1. The SMILES string of the molecule is COc1ccc(C2(C(=O)N3CCCN3C(=S)NC3CCCC3)CC2)cc1. The highest BCUT2D eigenvalue weighted by molar-refractivity contribution is 7.80. The summed E-state index contributed by atoms with van der Waals surface area (Å²) in [6.07, 6.45) is 7.68. The lowest BCUT2D eigenvalue weighted by Crippen LogP contribution is -2.53. The molecular formula is C20H27N3O2S. The molecule has 1 aromatic rings. The number of ether oxygens (including phenoxy) is 1. The fourth-order valence-electron chi connectivity index (χ4n) is 4.26. The van der Waals surface area contributed by atoms with Gasteiger partial charge in [0.15, 0.2) is 5.11 Å². The molecule has 5 nitrogen and oxygen atoms in total. The van der Waals surface area contributed by atoms with E-state index in [2.05, 4.69) is 5.32 Å². The van der Waals surface area contributed by atoms with E-state index in [1.165, 1.54) is 25.7 Å². The smallest absolute Gasteiger partial charge is 0.251 e. The molecule has 2 saturated carbocycles. The van der Waals surface area contributed by atoms with Crippen LogP contribution in [0.5, 0.6) is 5.75 Å². The molecule has 1 aliphatic heterocycles. The van der Waals surface area contributed by atoms with E-state index >= 15 is 0 Å². The van der Waals surface area contributed by atoms with Crippen molar-refractivity contribution in [1.82, 2.24) is 15.3 Å². The zero-order valence-electron chi connectivity index (χ0n) is 15.4. The van der Waals surface area contributed by atoms with E-state index in [-0.39, 0.29) is 11.3 Å². The highest BCUT2D eigenvalue weighted by Crippen LogP contribution is 2.50. The van der Waals surface area contributed by atoms with Gasteiger partial charge in [0.25, 0.3) is 5.91 Å². The monoisotopic (exact) mass is 373 g/mol. The van der Waals surface area contributed by atoms with Crippen LogP contribution in [0.4, 0.5) is 0 Å². The lowest BCUT2D eigenvalue weighted by molar-refractivity contribution is -0.141. The first-order valence-electron chi connectivity index (χ1n) is 9.68. The Balaban J connectivity index is 1.48. The molecule has 0 radical (unpaired) electrons. The average Bonchev–Trinajstić information content (AvgIpc) is 3.07. The van der Waals surface area contributed by atoms with Crippen LogP contribution in [0.25, 0.3) is 0 Å². The molecule has 1 heterocycles. The van der Waals surface area contributed by atoms with Gasteiger partial charge in [-0.15, -0.1) is 0 Å². The average molecular weight is 374 g/mol. The van der Waals surface area contributed by atoms with Crippen molar-refractivity contribution in [2.24, 2.45) is 0 Å². The molecule has 3 fully saturated rings. The zero-order chi connectivity index (χ0) is 18.1. The van der Waals surface area contributed by atoms with Gasteiger partial charge in [-0.2, -0.15) is 0 Å². The third-order valence-electron chi connectivity index (χ3n) is 5.98. The molecule has 2 aliphatic carbocycles. The number of nitrogens with zero attached hydrogens (tertiary/aromatic N) is 2. The number of thiocarbonyl (C=S) groups is 1. The molecule has 6 heteroatoms. The molecule has 0 aromatic heterocycles. The predicted molar refractivity (Wildman–Crippen MR) is 105 cm³/mol. The topological polar surface area (TPSA) is 44.8 Å². The first-order chi connectivity index (χ1) is 12.6. The van der Waals surface area contributed by atoms with Gasteiger partial charge in [0.2, 0.25) is 0 Å². The molecule has 3 aliphatic rings. The van der Waals surface area contributed by atoms with Gasteiger partial charge in [-0.05, 0) is 62.0 Å². The largest absolute Gasteiger partial charge is 0.497 e. The Bertz CT molecular complexity index is 681. The van der Waals surface area contributed by atoms with Gasteiger partial charge in [-0.3, -0.25) is 14.8 Å². The van der Waals surface area contributed by atoms with Gasteiger partial charge < -0.3 is 10.1 Å². The van der Waals surface area contributed by atoms with E-state index < -0.39 is 0 Å². The highest BCUT2D eigenvalue weighted by Gasteiger charge is 2.54. The quantitative estimate of drug-likeness (QED) is 0.822. The minimum atomic E-state index is -0.377. The van der Waals surface area contributed by atoms with Gasteiger partial charge in [0.1, 0.15) is 5.75 Å². The van der Waals surface area contributed by atoms with Crippen LogP contribution in [0.2, 0.25) is 0 Å². The van der Waals surface area contributed by atoms with Crippen LogP contribution in [0.3, 0.4) is 0 Å². The minimum Gasteiger partial charge on any atom is -0.497 e. The number of hydrogen-bond donors (Lipinski definition) is 1. The van der Waals surface area contributed by atoms with Crippen LogP contribution < -0.4 is 10.1 Å². The molecule has 0 atom stereocenters. The lowest BCUT2D eigenvalue weighted by atomic mass is 9.94. The summed E-state index contributed by atoms with van der Waals surface area (Å²) in [6.45, 7) is 1.58. The van der Waals surface area contributed by atoms with Crippen LogP contribution in [0.15, 0.2) is 24.3 Å². The maximum absolute atomic E-state index is 13.4. The number of carbonyl (C=O) groups is 1. The molecule has 1 amide bonds. The van der Waals surface area contributed by atoms with Crippen molar-refractivity contribution in [2.75, 3.05) is 20.2 Å². The van der Waals surface area contributed by atoms with Gasteiger partial charge >= 0.3 is 0 Å². The molecule has 1 saturated heterocycles. The van der Waals surface area contributed by atoms with Crippen LogP contribution in [0.1, 0.15) is 50.5 Å². The molecule has 26 heavy (non-hydrogen) atoms. The summed E-state index contributed by atoms with van der Waals surface area (Å²) in [5.74, 6) is 1.01. The Morgan fingerprint density at radius 2 is 1.77 bits per heavy atom. The van der Waals surface area contributed by atoms with E-state index in [9.17, 15) is 4.79 Å². The van der Waals surface area contributed by atoms with Crippen molar-refractivity contribution in [2.45, 2.75) is 56.4 Å². The zero-order valence-corrected chi connectivity index (χ0v) is 16.2. The van der Waals surface area contributed by atoms with E-state index in [1.54, 1.807) is 7.11 Å². The van der Waals surface area contributed by atoms with Crippen molar-refractivity contribution in [3.63, 3.8) is 0 Å². The van der Waals surface area contributed by atoms with Crippen LogP contribution in [0, 0.1) is 0 Å². The van der Waals surface area contributed by atoms with Crippen molar-refractivity contribution in [3.05, 3.63) is 29.8 Å². The summed E-state index contributed by atoms with van der Waals surface area (Å²) >= 11 is 5.64. The maximum Gasteiger partial charge on any atom is 0.251 e. The van der Waals surface area contributed by atoms with Crippen molar-refractivity contribution >= 4 is 23.2 Å². The number of methoxy groups -OCH3 is 1. The van der Waals surface area contributed by atoms with Gasteiger partial charge in [0.05, 0.1) is 12.5 Å². The van der Waals surface area contributed by atoms with Crippen LogP contribution in [-0.2, 0) is 10.2 Å². The summed E-state index contributed by atoms with van der Waals surface area (Å²) < 4.78 is 5.25. The van der Waals surface area contributed by atoms with E-state index in [0.29, 0.717) is 11.2 Å². The third-order valence-corrected chi connectivity index (χ3v) is 6.31. The molecule has 1 N–H and O–H groups in total. The number of rotatable bonds is 4. The molecule has 0 bridgehead atoms. The second-order valence-electron chi connectivity index (χ2n) is 7.65. The Morgan fingerprint density at radius 1 is 1.12 bits per heavy atom.